The molecule has 1 saturated heterocycles. The van der Waals surface area contributed by atoms with E-state index in [1.165, 1.54) is 11.8 Å². The van der Waals surface area contributed by atoms with E-state index in [1.807, 2.05) is 6.07 Å². The Kier molecular flexibility index (Phi) is 6.56. The third-order valence-electron chi connectivity index (χ3n) is 3.99. The molecule has 150 valence electrons. The van der Waals surface area contributed by atoms with E-state index in [4.69, 9.17) is 14.2 Å². The predicted molar refractivity (Wildman–Crippen MR) is 113 cm³/mol. The Balaban J connectivity index is 1.78. The van der Waals surface area contributed by atoms with Crippen molar-refractivity contribution < 1.29 is 23.8 Å². The molecule has 8 heteroatoms. The Morgan fingerprint density at radius 2 is 1.90 bits per heavy atom. The second-order valence-corrected chi connectivity index (χ2v) is 6.89. The number of hydrogen-bond acceptors (Lipinski definition) is 7. The maximum absolute atomic E-state index is 12.3. The summed E-state index contributed by atoms with van der Waals surface area (Å²) in [4.78, 5) is 28.9. The van der Waals surface area contributed by atoms with Gasteiger partial charge in [-0.05, 0) is 61.2 Å². The molecule has 1 amide bonds. The van der Waals surface area contributed by atoms with Crippen molar-refractivity contribution in [3.8, 4) is 11.5 Å². The molecule has 29 heavy (non-hydrogen) atoms. The van der Waals surface area contributed by atoms with Crippen LogP contribution in [0.3, 0.4) is 0 Å². The van der Waals surface area contributed by atoms with Gasteiger partial charge in [0.25, 0.3) is 5.91 Å². The van der Waals surface area contributed by atoms with Crippen LogP contribution in [0.2, 0.25) is 0 Å². The van der Waals surface area contributed by atoms with Crippen LogP contribution < -0.4 is 14.8 Å². The molecule has 0 aliphatic carbocycles. The van der Waals surface area contributed by atoms with E-state index in [9.17, 15) is 9.59 Å². The van der Waals surface area contributed by atoms with Gasteiger partial charge in [-0.15, -0.1) is 0 Å². The van der Waals surface area contributed by atoms with Crippen molar-refractivity contribution in [3.05, 3.63) is 58.5 Å². The normalized spacial score (nSPS) is 16.0. The number of amides is 1. The van der Waals surface area contributed by atoms with Crippen molar-refractivity contribution in [1.29, 1.82) is 0 Å². The van der Waals surface area contributed by atoms with Crippen molar-refractivity contribution in [1.82, 2.24) is 5.32 Å². The SMILES string of the molecule is CCOC(=O)c1ccc(N=C2NC(=O)/C(=C/c3ccc(OC)cc3OC)S2)cc1. The number of methoxy groups -OCH3 is 2. The molecule has 0 radical (unpaired) electrons. The number of hydrogen-bond donors (Lipinski definition) is 1. The van der Waals surface area contributed by atoms with Crippen molar-refractivity contribution in [2.24, 2.45) is 4.99 Å². The molecule has 1 N–H and O–H groups in total. The quantitative estimate of drug-likeness (QED) is 0.574. The number of benzene rings is 2. The molecule has 0 bridgehead atoms. The van der Waals surface area contributed by atoms with Gasteiger partial charge >= 0.3 is 5.97 Å². The van der Waals surface area contributed by atoms with E-state index in [2.05, 4.69) is 10.3 Å². The number of rotatable bonds is 6. The second-order valence-electron chi connectivity index (χ2n) is 5.86. The van der Waals surface area contributed by atoms with Crippen LogP contribution in [0, 0.1) is 0 Å². The molecule has 0 spiro atoms. The fourth-order valence-corrected chi connectivity index (χ4v) is 3.40. The van der Waals surface area contributed by atoms with Gasteiger partial charge < -0.3 is 19.5 Å². The van der Waals surface area contributed by atoms with E-state index in [-0.39, 0.29) is 11.9 Å². The summed E-state index contributed by atoms with van der Waals surface area (Å²) < 4.78 is 15.5. The van der Waals surface area contributed by atoms with Crippen LogP contribution in [0.25, 0.3) is 6.08 Å². The van der Waals surface area contributed by atoms with Crippen LogP contribution in [0.1, 0.15) is 22.8 Å². The minimum Gasteiger partial charge on any atom is -0.497 e. The van der Waals surface area contributed by atoms with E-state index in [0.717, 1.165) is 5.56 Å². The van der Waals surface area contributed by atoms with Gasteiger partial charge in [0.1, 0.15) is 11.5 Å². The highest BCUT2D eigenvalue weighted by molar-refractivity contribution is 8.18. The van der Waals surface area contributed by atoms with Crippen LogP contribution in [0.5, 0.6) is 11.5 Å². The molecule has 1 heterocycles. The standard InChI is InChI=1S/C21H20N2O5S/c1-4-28-20(25)13-5-8-15(9-6-13)22-21-23-19(24)18(29-21)11-14-7-10-16(26-2)12-17(14)27-3/h5-12H,4H2,1-3H3,(H,22,23,24)/b18-11-. The number of carbonyl (C=O) groups excluding carboxylic acids is 2. The van der Waals surface area contributed by atoms with Crippen LogP contribution in [0.15, 0.2) is 52.4 Å². The summed E-state index contributed by atoms with van der Waals surface area (Å²) in [5.74, 6) is 0.648. The first-order chi connectivity index (χ1) is 14.0. The summed E-state index contributed by atoms with van der Waals surface area (Å²) in [7, 11) is 3.14. The molecule has 1 fully saturated rings. The first kappa shape index (κ1) is 20.5. The fraction of sp³-hybridized carbons (Fsp3) is 0.190. The summed E-state index contributed by atoms with van der Waals surface area (Å²) in [5, 5.41) is 3.20. The number of nitrogens with zero attached hydrogens (tertiary/aromatic N) is 1. The number of esters is 1. The van der Waals surface area contributed by atoms with Crippen molar-refractivity contribution in [2.75, 3.05) is 20.8 Å². The van der Waals surface area contributed by atoms with E-state index in [1.54, 1.807) is 63.6 Å². The molecule has 0 atom stereocenters. The fourth-order valence-electron chi connectivity index (χ4n) is 2.56. The molecule has 0 aromatic heterocycles. The van der Waals surface area contributed by atoms with Gasteiger partial charge in [-0.25, -0.2) is 9.79 Å². The zero-order valence-electron chi connectivity index (χ0n) is 16.2. The molecule has 2 aromatic rings. The van der Waals surface area contributed by atoms with Gasteiger partial charge in [0.15, 0.2) is 5.17 Å². The lowest BCUT2D eigenvalue weighted by Gasteiger charge is -2.07. The topological polar surface area (TPSA) is 86.2 Å². The van der Waals surface area contributed by atoms with E-state index >= 15 is 0 Å². The minimum absolute atomic E-state index is 0.241. The number of nitrogens with one attached hydrogen (secondary N) is 1. The second kappa shape index (κ2) is 9.29. The van der Waals surface area contributed by atoms with E-state index < -0.39 is 0 Å². The van der Waals surface area contributed by atoms with Gasteiger partial charge in [-0.2, -0.15) is 0 Å². The number of carbonyl (C=O) groups is 2. The Bertz CT molecular complexity index is 983. The highest BCUT2D eigenvalue weighted by Gasteiger charge is 2.24. The molecule has 7 nitrogen and oxygen atoms in total. The summed E-state index contributed by atoms with van der Waals surface area (Å²) >= 11 is 1.23. The Labute approximate surface area is 172 Å². The molecular formula is C21H20N2O5S. The average Bonchev–Trinajstić information content (AvgIpc) is 3.07. The molecule has 1 aliphatic heterocycles. The number of amidine groups is 1. The van der Waals surface area contributed by atoms with Gasteiger partial charge in [-0.3, -0.25) is 4.79 Å². The van der Waals surface area contributed by atoms with Gasteiger partial charge in [0.05, 0.1) is 37.0 Å². The zero-order chi connectivity index (χ0) is 20.8. The summed E-state index contributed by atoms with van der Waals surface area (Å²) in [6, 6.07) is 12.0. The molecule has 0 saturated carbocycles. The first-order valence-electron chi connectivity index (χ1n) is 8.83. The van der Waals surface area contributed by atoms with Crippen molar-refractivity contribution in [3.63, 3.8) is 0 Å². The van der Waals surface area contributed by atoms with Crippen LogP contribution in [-0.4, -0.2) is 37.9 Å². The van der Waals surface area contributed by atoms with Gasteiger partial charge in [-0.1, -0.05) is 0 Å². The third-order valence-corrected chi connectivity index (χ3v) is 4.90. The third kappa shape index (κ3) is 4.97. The Morgan fingerprint density at radius 1 is 1.14 bits per heavy atom. The maximum atomic E-state index is 12.3. The van der Waals surface area contributed by atoms with Gasteiger partial charge in [0, 0.05) is 11.6 Å². The summed E-state index contributed by atoms with van der Waals surface area (Å²) in [6.07, 6.45) is 1.74. The number of thioether (sulfide) groups is 1. The summed E-state index contributed by atoms with van der Waals surface area (Å²) in [5.41, 5.74) is 1.82. The first-order valence-corrected chi connectivity index (χ1v) is 9.64. The molecule has 3 rings (SSSR count). The lowest BCUT2D eigenvalue weighted by Crippen LogP contribution is -2.19. The predicted octanol–water partition coefficient (Wildman–Crippen LogP) is 3.77. The zero-order valence-corrected chi connectivity index (χ0v) is 17.0. The van der Waals surface area contributed by atoms with Crippen molar-refractivity contribution in [2.45, 2.75) is 6.92 Å². The molecule has 1 aliphatic rings. The van der Waals surface area contributed by atoms with Crippen LogP contribution in [-0.2, 0) is 9.53 Å². The number of ether oxygens (including phenoxy) is 3. The Morgan fingerprint density at radius 3 is 2.55 bits per heavy atom. The number of aliphatic imine (C=N–C) groups is 1. The van der Waals surface area contributed by atoms with Crippen LogP contribution in [0.4, 0.5) is 5.69 Å². The van der Waals surface area contributed by atoms with Gasteiger partial charge in [0.2, 0.25) is 0 Å². The largest absolute Gasteiger partial charge is 0.497 e. The molecule has 2 aromatic carbocycles. The summed E-state index contributed by atoms with van der Waals surface area (Å²) in [6.45, 7) is 2.07. The highest BCUT2D eigenvalue weighted by Crippen LogP contribution is 2.32. The minimum atomic E-state index is -0.381. The van der Waals surface area contributed by atoms with Crippen molar-refractivity contribution >= 4 is 40.6 Å². The monoisotopic (exact) mass is 412 g/mol. The Hall–Kier alpha value is -3.26. The molecular weight excluding hydrogens is 392 g/mol. The highest BCUT2D eigenvalue weighted by atomic mass is 32.2. The van der Waals surface area contributed by atoms with E-state index in [0.29, 0.717) is 39.4 Å². The lowest BCUT2D eigenvalue weighted by atomic mass is 10.1. The lowest BCUT2D eigenvalue weighted by molar-refractivity contribution is -0.115. The average molecular weight is 412 g/mol. The smallest absolute Gasteiger partial charge is 0.338 e. The maximum Gasteiger partial charge on any atom is 0.338 e. The molecule has 0 unspecified atom stereocenters. The van der Waals surface area contributed by atoms with Crippen LogP contribution >= 0.6 is 11.8 Å².